The van der Waals surface area contributed by atoms with Crippen LogP contribution in [0.15, 0.2) is 83.0 Å². The maximum Gasteiger partial charge on any atom is 0.320 e. The molecular weight excluding hydrogens is 538 g/mol. The number of aromatic hydroxyl groups is 2. The molecule has 6 rings (SSSR count). The van der Waals surface area contributed by atoms with Gasteiger partial charge in [-0.15, -0.1) is 5.11 Å². The van der Waals surface area contributed by atoms with Crippen LogP contribution in [0.3, 0.4) is 0 Å². The van der Waals surface area contributed by atoms with Crippen LogP contribution >= 0.6 is 0 Å². The van der Waals surface area contributed by atoms with E-state index in [4.69, 9.17) is 0 Å². The standard InChI is InChI=1S/C34H31N7O2/c1-18-15-24-17-20(3)30(41-40-27-14-13-23-10-6-7-11-25(23)22(27)5)31(42)29(24)28(16-18)36-33-37-32(38-34(43)39-33)35-26-12-8-9-19(2)21(26)4/h6-17,42H,1-5H3,(H3,35,36,37,38,39,43). The lowest BCUT2D eigenvalue weighted by molar-refractivity contribution is 0.430. The van der Waals surface area contributed by atoms with Crippen LogP contribution in [0, 0.1) is 34.6 Å². The van der Waals surface area contributed by atoms with E-state index < -0.39 is 6.01 Å². The van der Waals surface area contributed by atoms with E-state index in [1.807, 2.05) is 95.3 Å². The van der Waals surface area contributed by atoms with Crippen molar-refractivity contribution < 1.29 is 10.2 Å². The highest BCUT2D eigenvalue weighted by Gasteiger charge is 2.17. The Hall–Kier alpha value is -5.57. The minimum absolute atomic E-state index is 0.0216. The largest absolute Gasteiger partial charge is 0.505 e. The lowest BCUT2D eigenvalue weighted by atomic mass is 10.0. The van der Waals surface area contributed by atoms with Crippen LogP contribution in [-0.2, 0) is 0 Å². The number of nitrogens with one attached hydrogen (secondary N) is 2. The molecule has 9 nitrogen and oxygen atoms in total. The van der Waals surface area contributed by atoms with Gasteiger partial charge in [0.2, 0.25) is 11.9 Å². The summed E-state index contributed by atoms with van der Waals surface area (Å²) in [6, 6.07) is 23.3. The molecule has 0 aliphatic heterocycles. The third-order valence-electron chi connectivity index (χ3n) is 7.67. The van der Waals surface area contributed by atoms with Crippen LogP contribution in [0.4, 0.5) is 34.6 Å². The number of hydrogen-bond acceptors (Lipinski definition) is 9. The van der Waals surface area contributed by atoms with Crippen molar-refractivity contribution in [2.75, 3.05) is 10.6 Å². The van der Waals surface area contributed by atoms with Crippen LogP contribution < -0.4 is 10.6 Å². The molecule has 4 N–H and O–H groups in total. The summed E-state index contributed by atoms with van der Waals surface area (Å²) in [7, 11) is 0. The highest BCUT2D eigenvalue weighted by atomic mass is 16.3. The maximum absolute atomic E-state index is 11.6. The van der Waals surface area contributed by atoms with Gasteiger partial charge in [-0.05, 0) is 103 Å². The third kappa shape index (κ3) is 5.40. The molecule has 1 heterocycles. The molecule has 0 radical (unpaired) electrons. The predicted octanol–water partition coefficient (Wildman–Crippen LogP) is 9.03. The van der Waals surface area contributed by atoms with Crippen molar-refractivity contribution in [1.29, 1.82) is 0 Å². The number of anilines is 4. The fraction of sp³-hybridized carbons (Fsp3) is 0.147. The minimum atomic E-state index is -0.442. The van der Waals surface area contributed by atoms with Gasteiger partial charge in [0.15, 0.2) is 5.75 Å². The van der Waals surface area contributed by atoms with Crippen molar-refractivity contribution in [2.24, 2.45) is 10.2 Å². The van der Waals surface area contributed by atoms with Crippen molar-refractivity contribution in [3.8, 4) is 11.8 Å². The fourth-order valence-electron chi connectivity index (χ4n) is 5.26. The van der Waals surface area contributed by atoms with Gasteiger partial charge in [-0.1, -0.05) is 48.5 Å². The van der Waals surface area contributed by atoms with Gasteiger partial charge in [-0.3, -0.25) is 0 Å². The quantitative estimate of drug-likeness (QED) is 0.147. The second-order valence-corrected chi connectivity index (χ2v) is 10.7. The van der Waals surface area contributed by atoms with E-state index in [9.17, 15) is 10.2 Å². The Balaban J connectivity index is 1.39. The van der Waals surface area contributed by atoms with Crippen LogP contribution in [0.25, 0.3) is 21.5 Å². The number of rotatable bonds is 6. The molecule has 0 saturated heterocycles. The number of hydrogen-bond donors (Lipinski definition) is 4. The van der Waals surface area contributed by atoms with E-state index in [0.717, 1.165) is 55.4 Å². The van der Waals surface area contributed by atoms with Gasteiger partial charge in [0, 0.05) is 11.1 Å². The first kappa shape index (κ1) is 27.6. The van der Waals surface area contributed by atoms with E-state index in [1.165, 1.54) is 0 Å². The molecule has 0 amide bonds. The van der Waals surface area contributed by atoms with E-state index in [1.54, 1.807) is 0 Å². The Kier molecular flexibility index (Phi) is 7.07. The first-order valence-electron chi connectivity index (χ1n) is 13.9. The molecule has 0 aliphatic rings. The predicted molar refractivity (Wildman–Crippen MR) is 172 cm³/mol. The minimum Gasteiger partial charge on any atom is -0.505 e. The smallest absolute Gasteiger partial charge is 0.320 e. The Morgan fingerprint density at radius 3 is 2.16 bits per heavy atom. The number of aryl methyl sites for hydroxylation is 4. The summed E-state index contributed by atoms with van der Waals surface area (Å²) in [6.07, 6.45) is 0. The van der Waals surface area contributed by atoms with Gasteiger partial charge in [0.25, 0.3) is 0 Å². The number of phenolic OH excluding ortho intramolecular Hbond substituents is 1. The Morgan fingerprint density at radius 1 is 0.628 bits per heavy atom. The Morgan fingerprint density at radius 2 is 1.37 bits per heavy atom. The molecule has 0 atom stereocenters. The third-order valence-corrected chi connectivity index (χ3v) is 7.67. The average molecular weight is 570 g/mol. The Bertz CT molecular complexity index is 2070. The molecule has 5 aromatic carbocycles. The number of fused-ring (bicyclic) bond motifs is 2. The summed E-state index contributed by atoms with van der Waals surface area (Å²) in [5.41, 5.74) is 7.37. The van der Waals surface area contributed by atoms with E-state index >= 15 is 0 Å². The van der Waals surface area contributed by atoms with Gasteiger partial charge in [0.05, 0.1) is 11.4 Å². The van der Waals surface area contributed by atoms with Crippen molar-refractivity contribution in [3.63, 3.8) is 0 Å². The zero-order valence-electron chi connectivity index (χ0n) is 24.6. The lowest BCUT2D eigenvalue weighted by Gasteiger charge is -2.15. The lowest BCUT2D eigenvalue weighted by Crippen LogP contribution is -2.05. The first-order valence-corrected chi connectivity index (χ1v) is 13.9. The van der Waals surface area contributed by atoms with Gasteiger partial charge < -0.3 is 20.8 Å². The highest BCUT2D eigenvalue weighted by molar-refractivity contribution is 6.03. The average Bonchev–Trinajstić information content (AvgIpc) is 2.96. The summed E-state index contributed by atoms with van der Waals surface area (Å²) in [5, 5.41) is 40.8. The molecule has 0 aliphatic carbocycles. The summed E-state index contributed by atoms with van der Waals surface area (Å²) in [6.45, 7) is 9.89. The zero-order chi connectivity index (χ0) is 30.2. The summed E-state index contributed by atoms with van der Waals surface area (Å²) in [5.74, 6) is 0.273. The number of benzene rings is 5. The molecule has 0 saturated carbocycles. The second kappa shape index (κ2) is 11.0. The molecule has 0 spiro atoms. The van der Waals surface area contributed by atoms with Crippen molar-refractivity contribution in [3.05, 3.63) is 101 Å². The number of phenols is 1. The maximum atomic E-state index is 11.6. The molecule has 43 heavy (non-hydrogen) atoms. The second-order valence-electron chi connectivity index (χ2n) is 10.7. The summed E-state index contributed by atoms with van der Waals surface area (Å²) in [4.78, 5) is 12.6. The topological polar surface area (TPSA) is 128 Å². The molecule has 0 unspecified atom stereocenters. The Labute approximate surface area is 249 Å². The van der Waals surface area contributed by atoms with Gasteiger partial charge >= 0.3 is 6.01 Å². The summed E-state index contributed by atoms with van der Waals surface area (Å²) >= 11 is 0. The molecule has 1 aromatic heterocycles. The molecular formula is C34H31N7O2. The molecule has 0 bridgehead atoms. The van der Waals surface area contributed by atoms with Crippen LogP contribution in [0.1, 0.15) is 27.8 Å². The van der Waals surface area contributed by atoms with Crippen LogP contribution in [-0.4, -0.2) is 25.2 Å². The SMILES string of the molecule is Cc1cc(Nc2nc(O)nc(Nc3cccc(C)c3C)n2)c2c(O)c(N=Nc3ccc4ccccc4c3C)c(C)cc2c1. The van der Waals surface area contributed by atoms with Crippen LogP contribution in [0.5, 0.6) is 11.8 Å². The summed E-state index contributed by atoms with van der Waals surface area (Å²) < 4.78 is 0. The van der Waals surface area contributed by atoms with Crippen molar-refractivity contribution >= 4 is 56.2 Å². The monoisotopic (exact) mass is 569 g/mol. The molecule has 0 fully saturated rings. The van der Waals surface area contributed by atoms with Crippen molar-refractivity contribution in [2.45, 2.75) is 34.6 Å². The number of azo groups is 1. The van der Waals surface area contributed by atoms with Gasteiger partial charge in [-0.2, -0.15) is 20.1 Å². The van der Waals surface area contributed by atoms with Gasteiger partial charge in [-0.25, -0.2) is 0 Å². The zero-order valence-corrected chi connectivity index (χ0v) is 24.6. The molecule has 214 valence electrons. The number of aromatic nitrogens is 3. The van der Waals surface area contributed by atoms with E-state index in [0.29, 0.717) is 16.8 Å². The number of nitrogens with zero attached hydrogens (tertiary/aromatic N) is 5. The first-order chi connectivity index (χ1) is 20.7. The highest BCUT2D eigenvalue weighted by Crippen LogP contribution is 2.43. The van der Waals surface area contributed by atoms with Crippen molar-refractivity contribution in [1.82, 2.24) is 15.0 Å². The van der Waals surface area contributed by atoms with E-state index in [2.05, 4.69) is 47.9 Å². The fourth-order valence-corrected chi connectivity index (χ4v) is 5.26. The van der Waals surface area contributed by atoms with E-state index in [-0.39, 0.29) is 17.6 Å². The van der Waals surface area contributed by atoms with Gasteiger partial charge in [0.1, 0.15) is 5.69 Å². The molecule has 9 heteroatoms. The molecule has 6 aromatic rings. The van der Waals surface area contributed by atoms with Crippen LogP contribution in [0.2, 0.25) is 0 Å². The normalized spacial score (nSPS) is 11.5.